The molecule has 2 fully saturated rings. The number of fused-ring (bicyclic) bond motifs is 2. The molecule has 70 heavy (non-hydrogen) atoms. The van der Waals surface area contributed by atoms with Crippen LogP contribution in [-0.2, 0) is 32.9 Å². The van der Waals surface area contributed by atoms with Crippen molar-refractivity contribution in [2.45, 2.75) is 76.5 Å². The maximum atomic E-state index is 14.7. The number of aromatic nitrogens is 10. The number of piperidine rings is 2. The molecule has 6 aromatic heterocycles. The SMILES string of the molecule is CC1c2cnc(-c3ncccn3)nc2CCN1c1cc(F)cc(N2CCC(NS(C)(=O)=O)CC2)n1.CC1c2cnc(-c3ncccn3)nc2CCN1c1cc(N2CCC(NS(C)(=O)=O)CC2)cc(F)n1. The van der Waals surface area contributed by atoms with Crippen LogP contribution >= 0.6 is 0 Å². The normalized spacial score (nSPS) is 19.0. The lowest BCUT2D eigenvalue weighted by molar-refractivity contribution is 0.459. The van der Waals surface area contributed by atoms with E-state index in [0.717, 1.165) is 28.2 Å². The van der Waals surface area contributed by atoms with E-state index in [2.05, 4.69) is 69.0 Å². The molecule has 4 aliphatic heterocycles. The Kier molecular flexibility index (Phi) is 14.2. The molecule has 2 N–H and O–H groups in total. The lowest BCUT2D eigenvalue weighted by Gasteiger charge is -2.37. The molecule has 2 saturated heterocycles. The maximum absolute atomic E-state index is 14.7. The summed E-state index contributed by atoms with van der Waals surface area (Å²) in [4.78, 5) is 52.4. The maximum Gasteiger partial charge on any atom is 0.216 e. The van der Waals surface area contributed by atoms with Gasteiger partial charge in [0, 0.05) is 142 Å². The minimum Gasteiger partial charge on any atom is -0.371 e. The van der Waals surface area contributed by atoms with Crippen LogP contribution in [0.1, 0.15) is 74.1 Å². The van der Waals surface area contributed by atoms with Crippen LogP contribution in [0.15, 0.2) is 73.6 Å². The van der Waals surface area contributed by atoms with E-state index in [4.69, 9.17) is 4.98 Å². The van der Waals surface area contributed by atoms with Crippen LogP contribution in [0.4, 0.5) is 31.9 Å². The Labute approximate surface area is 405 Å². The average molecular weight is 997 g/mol. The number of rotatable bonds is 10. The van der Waals surface area contributed by atoms with Gasteiger partial charge in [-0.25, -0.2) is 80.5 Å². The monoisotopic (exact) mass is 996 g/mol. The van der Waals surface area contributed by atoms with E-state index in [9.17, 15) is 25.6 Å². The van der Waals surface area contributed by atoms with Gasteiger partial charge in [0.1, 0.15) is 23.3 Å². The first-order chi connectivity index (χ1) is 33.5. The average Bonchev–Trinajstić information content (AvgIpc) is 3.34. The van der Waals surface area contributed by atoms with Gasteiger partial charge < -0.3 is 19.6 Å². The molecule has 368 valence electrons. The highest BCUT2D eigenvalue weighted by molar-refractivity contribution is 7.89. The van der Waals surface area contributed by atoms with E-state index in [1.807, 2.05) is 24.8 Å². The number of hydrogen-bond acceptors (Lipinski definition) is 18. The third kappa shape index (κ3) is 11.6. The number of pyridine rings is 2. The van der Waals surface area contributed by atoms with Gasteiger partial charge in [0.2, 0.25) is 26.0 Å². The highest BCUT2D eigenvalue weighted by atomic mass is 32.2. The summed E-state index contributed by atoms with van der Waals surface area (Å²) in [7, 11) is -6.50. The zero-order valence-electron chi connectivity index (χ0n) is 39.2. The fourth-order valence-corrected chi connectivity index (χ4v) is 11.1. The van der Waals surface area contributed by atoms with Crippen molar-refractivity contribution in [1.29, 1.82) is 0 Å². The van der Waals surface area contributed by atoms with Gasteiger partial charge in [0.25, 0.3) is 0 Å². The Hall–Kier alpha value is -6.50. The van der Waals surface area contributed by atoms with E-state index in [1.165, 1.54) is 30.7 Å². The van der Waals surface area contributed by atoms with Crippen LogP contribution in [0.5, 0.6) is 0 Å². The highest BCUT2D eigenvalue weighted by Gasteiger charge is 2.31. The van der Waals surface area contributed by atoms with Gasteiger partial charge in [-0.05, 0) is 51.7 Å². The van der Waals surface area contributed by atoms with Crippen molar-refractivity contribution >= 4 is 43.2 Å². The Bertz CT molecular complexity index is 2840. The molecule has 0 aromatic carbocycles. The van der Waals surface area contributed by atoms with Crippen LogP contribution in [0, 0.1) is 11.8 Å². The summed E-state index contributed by atoms with van der Waals surface area (Å²) < 4.78 is 80.7. The molecular formula is C46H54F2N16O4S2. The summed E-state index contributed by atoms with van der Waals surface area (Å²) in [5.74, 6) is 2.73. The molecule has 0 aliphatic carbocycles. The van der Waals surface area contributed by atoms with Crippen molar-refractivity contribution in [1.82, 2.24) is 59.3 Å². The number of sulfonamides is 2. The molecular weight excluding hydrogens is 943 g/mol. The molecule has 24 heteroatoms. The van der Waals surface area contributed by atoms with Gasteiger partial charge in [-0.3, -0.25) is 0 Å². The third-order valence-electron chi connectivity index (χ3n) is 12.9. The molecule has 0 spiro atoms. The van der Waals surface area contributed by atoms with E-state index in [-0.39, 0.29) is 30.0 Å². The van der Waals surface area contributed by atoms with Crippen LogP contribution in [0.25, 0.3) is 23.3 Å². The Balaban J connectivity index is 0.000000174. The van der Waals surface area contributed by atoms with Gasteiger partial charge in [0.15, 0.2) is 23.3 Å². The van der Waals surface area contributed by atoms with Crippen molar-refractivity contribution in [3.63, 3.8) is 0 Å². The van der Waals surface area contributed by atoms with Crippen molar-refractivity contribution < 1.29 is 25.6 Å². The molecule has 10 heterocycles. The highest BCUT2D eigenvalue weighted by Crippen LogP contribution is 2.36. The van der Waals surface area contributed by atoms with E-state index in [0.29, 0.717) is 119 Å². The molecule has 0 saturated carbocycles. The van der Waals surface area contributed by atoms with Crippen molar-refractivity contribution in [2.24, 2.45) is 0 Å². The minimum atomic E-state index is -3.25. The molecule has 4 aliphatic rings. The lowest BCUT2D eigenvalue weighted by Crippen LogP contribution is -2.44. The van der Waals surface area contributed by atoms with E-state index < -0.39 is 26.0 Å². The van der Waals surface area contributed by atoms with Crippen LogP contribution in [0.2, 0.25) is 0 Å². The summed E-state index contributed by atoms with van der Waals surface area (Å²) in [6.45, 7) is 7.80. The third-order valence-corrected chi connectivity index (χ3v) is 14.4. The summed E-state index contributed by atoms with van der Waals surface area (Å²) in [5, 5.41) is 0. The molecule has 0 amide bonds. The van der Waals surface area contributed by atoms with Gasteiger partial charge in [-0.1, -0.05) is 0 Å². The van der Waals surface area contributed by atoms with Crippen molar-refractivity contribution in [3.8, 4) is 23.3 Å². The molecule has 2 unspecified atom stereocenters. The minimum absolute atomic E-state index is 0.0867. The zero-order chi connectivity index (χ0) is 49.2. The molecule has 2 atom stereocenters. The Morgan fingerprint density at radius 2 is 0.971 bits per heavy atom. The zero-order valence-corrected chi connectivity index (χ0v) is 40.8. The summed E-state index contributed by atoms with van der Waals surface area (Å²) >= 11 is 0. The summed E-state index contributed by atoms with van der Waals surface area (Å²) in [5.41, 5.74) is 4.55. The van der Waals surface area contributed by atoms with E-state index >= 15 is 0 Å². The number of halogens is 2. The first-order valence-electron chi connectivity index (χ1n) is 23.1. The molecule has 6 aromatic rings. The second-order valence-corrected chi connectivity index (χ2v) is 21.4. The van der Waals surface area contributed by atoms with E-state index in [1.54, 1.807) is 49.3 Å². The Morgan fingerprint density at radius 1 is 0.529 bits per heavy atom. The predicted molar refractivity (Wildman–Crippen MR) is 260 cm³/mol. The van der Waals surface area contributed by atoms with Gasteiger partial charge in [0.05, 0.1) is 36.0 Å². The smallest absolute Gasteiger partial charge is 0.216 e. The number of nitrogens with zero attached hydrogens (tertiary/aromatic N) is 14. The summed E-state index contributed by atoms with van der Waals surface area (Å²) in [6, 6.07) is 9.34. The van der Waals surface area contributed by atoms with Crippen LogP contribution in [-0.4, -0.2) is 131 Å². The summed E-state index contributed by atoms with van der Waals surface area (Å²) in [6.07, 6.45) is 16.5. The first-order valence-corrected chi connectivity index (χ1v) is 26.9. The van der Waals surface area contributed by atoms with Crippen LogP contribution < -0.4 is 29.0 Å². The van der Waals surface area contributed by atoms with Gasteiger partial charge in [-0.15, -0.1) is 0 Å². The van der Waals surface area contributed by atoms with Crippen LogP contribution in [0.3, 0.4) is 0 Å². The molecule has 0 radical (unpaired) electrons. The Morgan fingerprint density at radius 3 is 1.44 bits per heavy atom. The molecule has 10 rings (SSSR count). The quantitative estimate of drug-likeness (QED) is 0.183. The fourth-order valence-electron chi connectivity index (χ4n) is 9.46. The topological polar surface area (TPSA) is 234 Å². The molecule has 20 nitrogen and oxygen atoms in total. The fraction of sp³-hybridized carbons (Fsp3) is 0.435. The van der Waals surface area contributed by atoms with Gasteiger partial charge >= 0.3 is 0 Å². The lowest BCUT2D eigenvalue weighted by atomic mass is 9.99. The number of anilines is 4. The predicted octanol–water partition coefficient (Wildman–Crippen LogP) is 4.22. The number of nitrogens with one attached hydrogen (secondary N) is 2. The first kappa shape index (κ1) is 48.5. The largest absolute Gasteiger partial charge is 0.371 e. The second kappa shape index (κ2) is 20.5. The standard InChI is InChI=1S/2C23H27FN8O2S/c1-15-18-14-27-23(22-25-7-3-8-26-22)28-19(18)6-11-32(15)21-13-16(24)12-20(29-21)31-9-4-17(5-10-31)30-35(2,33)34;1-15-18-14-27-23(22-25-7-3-8-26-22)28-19(18)6-11-32(15)21-13-17(12-20(24)29-21)31-9-4-16(5-10-31)30-35(2,33)34/h3,7-8,12-15,17,30H,4-6,9-11H2,1-2H3;3,7-8,12-16,30H,4-6,9-11H2,1-2H3. The molecule has 0 bridgehead atoms. The van der Waals surface area contributed by atoms with Gasteiger partial charge in [-0.2, -0.15) is 4.39 Å². The van der Waals surface area contributed by atoms with Crippen molar-refractivity contribution in [3.05, 3.63) is 108 Å². The number of hydrogen-bond donors (Lipinski definition) is 2. The second-order valence-electron chi connectivity index (χ2n) is 17.9. The van der Waals surface area contributed by atoms with Crippen molar-refractivity contribution in [2.75, 3.05) is 71.4 Å².